The van der Waals surface area contributed by atoms with E-state index in [-0.39, 0.29) is 0 Å². The molecule has 1 fully saturated rings. The van der Waals surface area contributed by atoms with Gasteiger partial charge in [0.2, 0.25) is 0 Å². The Morgan fingerprint density at radius 1 is 1.35 bits per heavy atom. The summed E-state index contributed by atoms with van der Waals surface area (Å²) in [6.45, 7) is 8.12. The minimum atomic E-state index is 0.408. The number of rotatable bonds is 4. The quantitative estimate of drug-likeness (QED) is 0.897. The molecule has 2 nitrogen and oxygen atoms in total. The van der Waals surface area contributed by atoms with E-state index in [1.165, 1.54) is 30.5 Å². The average molecular weight is 274 g/mol. The van der Waals surface area contributed by atoms with E-state index >= 15 is 0 Å². The van der Waals surface area contributed by atoms with Crippen molar-refractivity contribution in [3.63, 3.8) is 0 Å². The van der Waals surface area contributed by atoms with Gasteiger partial charge >= 0.3 is 0 Å². The van der Waals surface area contributed by atoms with Crippen LogP contribution in [0.15, 0.2) is 24.3 Å². The summed E-state index contributed by atoms with van der Waals surface area (Å²) >= 11 is 0. The monoisotopic (exact) mass is 274 g/mol. The van der Waals surface area contributed by atoms with Gasteiger partial charge in [0.25, 0.3) is 0 Å². The molecule has 0 amide bonds. The zero-order valence-electron chi connectivity index (χ0n) is 13.7. The number of hydrogen-bond acceptors (Lipinski definition) is 2. The third-order valence-electron chi connectivity index (χ3n) is 4.97. The molecule has 0 aliphatic heterocycles. The highest BCUT2D eigenvalue weighted by atomic mass is 15.1. The van der Waals surface area contributed by atoms with Crippen LogP contribution in [0.3, 0.4) is 0 Å². The molecule has 2 atom stereocenters. The van der Waals surface area contributed by atoms with Gasteiger partial charge in [-0.2, -0.15) is 0 Å². The maximum Gasteiger partial charge on any atom is 0.0366 e. The van der Waals surface area contributed by atoms with Crippen molar-refractivity contribution in [3.8, 4) is 0 Å². The van der Waals surface area contributed by atoms with Crippen LogP contribution in [0.1, 0.15) is 38.7 Å². The predicted octanol–water partition coefficient (Wildman–Crippen LogP) is 3.85. The summed E-state index contributed by atoms with van der Waals surface area (Å²) in [5.74, 6) is 0.731. The molecule has 0 bridgehead atoms. The van der Waals surface area contributed by atoms with Gasteiger partial charge in [0, 0.05) is 25.3 Å². The molecule has 2 rings (SSSR count). The molecule has 1 aromatic rings. The lowest BCUT2D eigenvalue weighted by Crippen LogP contribution is -2.51. The van der Waals surface area contributed by atoms with Crippen LogP contribution in [0.2, 0.25) is 0 Å². The molecule has 1 N–H and O–H groups in total. The molecule has 1 aliphatic carbocycles. The van der Waals surface area contributed by atoms with Crippen molar-refractivity contribution < 1.29 is 0 Å². The smallest absolute Gasteiger partial charge is 0.0366 e. The van der Waals surface area contributed by atoms with Crippen LogP contribution in [0, 0.1) is 18.3 Å². The number of nitrogens with one attached hydrogen (secondary N) is 1. The van der Waals surface area contributed by atoms with Crippen LogP contribution in [-0.4, -0.2) is 26.7 Å². The lowest BCUT2D eigenvalue weighted by molar-refractivity contribution is 0.118. The maximum absolute atomic E-state index is 3.59. The molecule has 1 saturated carbocycles. The van der Waals surface area contributed by atoms with Crippen LogP contribution in [0.4, 0.5) is 5.69 Å². The first-order valence-corrected chi connectivity index (χ1v) is 7.89. The van der Waals surface area contributed by atoms with Gasteiger partial charge in [0.1, 0.15) is 0 Å². The number of nitrogens with zero attached hydrogens (tertiary/aromatic N) is 1. The standard InChI is InChI=1S/C18H30N2/c1-14-8-6-10-16(12-14)20(5)13-15-9-7-11-18(2,3)17(15)19-4/h6,8,10,12,15,17,19H,7,9,11,13H2,1-5H3. The van der Waals surface area contributed by atoms with Crippen LogP contribution >= 0.6 is 0 Å². The van der Waals surface area contributed by atoms with Gasteiger partial charge in [-0.15, -0.1) is 0 Å². The van der Waals surface area contributed by atoms with Crippen molar-refractivity contribution in [2.75, 3.05) is 25.5 Å². The third kappa shape index (κ3) is 3.35. The highest BCUT2D eigenvalue weighted by Crippen LogP contribution is 2.39. The molecular weight excluding hydrogens is 244 g/mol. The largest absolute Gasteiger partial charge is 0.374 e. The molecule has 2 unspecified atom stereocenters. The highest BCUT2D eigenvalue weighted by Gasteiger charge is 2.38. The summed E-state index contributed by atoms with van der Waals surface area (Å²) in [6.07, 6.45) is 4.03. The van der Waals surface area contributed by atoms with Gasteiger partial charge in [0.15, 0.2) is 0 Å². The van der Waals surface area contributed by atoms with Crippen molar-refractivity contribution in [3.05, 3.63) is 29.8 Å². The van der Waals surface area contributed by atoms with Crippen LogP contribution in [-0.2, 0) is 0 Å². The Morgan fingerprint density at radius 2 is 2.10 bits per heavy atom. The van der Waals surface area contributed by atoms with Gasteiger partial charge in [0.05, 0.1) is 0 Å². The van der Waals surface area contributed by atoms with Crippen LogP contribution in [0.5, 0.6) is 0 Å². The number of benzene rings is 1. The van der Waals surface area contributed by atoms with Gasteiger partial charge in [-0.1, -0.05) is 32.4 Å². The fraction of sp³-hybridized carbons (Fsp3) is 0.667. The van der Waals surface area contributed by atoms with Crippen LogP contribution < -0.4 is 10.2 Å². The first-order chi connectivity index (χ1) is 9.44. The van der Waals surface area contributed by atoms with Crippen molar-refractivity contribution in [1.82, 2.24) is 5.32 Å². The Balaban J connectivity index is 2.08. The molecule has 20 heavy (non-hydrogen) atoms. The SMILES string of the molecule is CNC1C(CN(C)c2cccc(C)c2)CCCC1(C)C. The first-order valence-electron chi connectivity index (χ1n) is 7.89. The van der Waals surface area contributed by atoms with E-state index in [1.807, 2.05) is 0 Å². The van der Waals surface area contributed by atoms with Crippen molar-refractivity contribution in [2.45, 2.75) is 46.1 Å². The minimum Gasteiger partial charge on any atom is -0.374 e. The molecule has 0 heterocycles. The molecule has 0 radical (unpaired) electrons. The molecule has 2 heteroatoms. The summed E-state index contributed by atoms with van der Waals surface area (Å²) in [6, 6.07) is 9.43. The zero-order chi connectivity index (χ0) is 14.8. The first kappa shape index (κ1) is 15.4. The second-order valence-electron chi connectivity index (χ2n) is 7.13. The van der Waals surface area contributed by atoms with Gasteiger partial charge in [-0.05, 0) is 55.8 Å². The number of hydrogen-bond donors (Lipinski definition) is 1. The van der Waals surface area contributed by atoms with Gasteiger partial charge < -0.3 is 10.2 Å². The zero-order valence-corrected chi connectivity index (χ0v) is 13.7. The van der Waals surface area contributed by atoms with E-state index in [4.69, 9.17) is 0 Å². The van der Waals surface area contributed by atoms with E-state index in [0.29, 0.717) is 11.5 Å². The Hall–Kier alpha value is -1.02. The lowest BCUT2D eigenvalue weighted by atomic mass is 9.68. The fourth-order valence-electron chi connectivity index (χ4n) is 3.93. The molecule has 1 aromatic carbocycles. The van der Waals surface area contributed by atoms with E-state index in [9.17, 15) is 0 Å². The van der Waals surface area contributed by atoms with E-state index in [1.54, 1.807) is 0 Å². The second kappa shape index (κ2) is 6.17. The van der Waals surface area contributed by atoms with Crippen molar-refractivity contribution >= 4 is 5.69 Å². The summed E-state index contributed by atoms with van der Waals surface area (Å²) in [7, 11) is 4.35. The Labute approximate surface area is 124 Å². The van der Waals surface area contributed by atoms with Gasteiger partial charge in [-0.3, -0.25) is 0 Å². The molecular formula is C18H30N2. The normalized spacial score (nSPS) is 25.4. The Bertz CT molecular complexity index is 439. The molecule has 0 spiro atoms. The topological polar surface area (TPSA) is 15.3 Å². The summed E-state index contributed by atoms with van der Waals surface area (Å²) in [5.41, 5.74) is 3.08. The van der Waals surface area contributed by atoms with Crippen molar-refractivity contribution in [2.24, 2.45) is 11.3 Å². The van der Waals surface area contributed by atoms with Gasteiger partial charge in [-0.25, -0.2) is 0 Å². The Kier molecular flexibility index (Phi) is 4.74. The molecule has 0 saturated heterocycles. The Morgan fingerprint density at radius 3 is 2.75 bits per heavy atom. The summed E-state index contributed by atoms with van der Waals surface area (Å²) in [5, 5.41) is 3.59. The minimum absolute atomic E-state index is 0.408. The second-order valence-corrected chi connectivity index (χ2v) is 7.13. The summed E-state index contributed by atoms with van der Waals surface area (Å²) in [4.78, 5) is 2.42. The van der Waals surface area contributed by atoms with E-state index in [0.717, 1.165) is 12.5 Å². The van der Waals surface area contributed by atoms with Crippen LogP contribution in [0.25, 0.3) is 0 Å². The predicted molar refractivity (Wildman–Crippen MR) is 88.4 cm³/mol. The number of aryl methyl sites for hydroxylation is 1. The average Bonchev–Trinajstić information content (AvgIpc) is 2.38. The fourth-order valence-corrected chi connectivity index (χ4v) is 3.93. The molecule has 112 valence electrons. The third-order valence-corrected chi connectivity index (χ3v) is 4.97. The van der Waals surface area contributed by atoms with E-state index in [2.05, 4.69) is 69.3 Å². The molecule has 1 aliphatic rings. The number of anilines is 1. The highest BCUT2D eigenvalue weighted by molar-refractivity contribution is 5.47. The van der Waals surface area contributed by atoms with E-state index < -0.39 is 0 Å². The molecule has 0 aromatic heterocycles. The summed E-state index contributed by atoms with van der Waals surface area (Å²) < 4.78 is 0. The lowest BCUT2D eigenvalue weighted by Gasteiger charge is -2.45. The maximum atomic E-state index is 3.59. The van der Waals surface area contributed by atoms with Crippen molar-refractivity contribution in [1.29, 1.82) is 0 Å².